The van der Waals surface area contributed by atoms with E-state index in [9.17, 15) is 4.79 Å². The fraction of sp³-hybridized carbons (Fsp3) is 0.533. The number of ether oxygens (including phenoxy) is 1. The first-order valence-corrected chi connectivity index (χ1v) is 8.58. The van der Waals surface area contributed by atoms with Gasteiger partial charge in [-0.15, -0.1) is 11.8 Å². The van der Waals surface area contributed by atoms with Gasteiger partial charge in [0.05, 0.1) is 13.5 Å². The van der Waals surface area contributed by atoms with Gasteiger partial charge in [-0.3, -0.25) is 4.79 Å². The standard InChI is InChI=1S/C15H22BrNO2S/c1-4-8-17-11(2)13-6-5-12(16)10-14(13)20-9-7-15(18)19-3/h5-6,10-11,17H,4,7-9H2,1-3H3. The second-order valence-electron chi connectivity index (χ2n) is 4.53. The molecule has 5 heteroatoms. The van der Waals surface area contributed by atoms with Crippen LogP contribution >= 0.6 is 27.7 Å². The van der Waals surface area contributed by atoms with Gasteiger partial charge in [0, 0.05) is 21.2 Å². The van der Waals surface area contributed by atoms with Gasteiger partial charge in [0.1, 0.15) is 0 Å². The highest BCUT2D eigenvalue weighted by molar-refractivity contribution is 9.10. The molecule has 0 heterocycles. The number of nitrogens with one attached hydrogen (secondary N) is 1. The second-order valence-corrected chi connectivity index (χ2v) is 6.58. The summed E-state index contributed by atoms with van der Waals surface area (Å²) in [5, 5.41) is 3.50. The van der Waals surface area contributed by atoms with E-state index in [1.165, 1.54) is 17.6 Å². The molecule has 0 aliphatic heterocycles. The molecule has 112 valence electrons. The quantitative estimate of drug-likeness (QED) is 0.558. The highest BCUT2D eigenvalue weighted by atomic mass is 79.9. The molecule has 0 spiro atoms. The Labute approximate surface area is 134 Å². The average molecular weight is 360 g/mol. The number of hydrogen-bond donors (Lipinski definition) is 1. The van der Waals surface area contributed by atoms with Gasteiger partial charge in [0.25, 0.3) is 0 Å². The number of thioether (sulfide) groups is 1. The molecule has 0 aromatic heterocycles. The number of halogens is 1. The van der Waals surface area contributed by atoms with Crippen LogP contribution in [0.25, 0.3) is 0 Å². The summed E-state index contributed by atoms with van der Waals surface area (Å²) in [5.41, 5.74) is 1.27. The molecule has 0 bridgehead atoms. The molecule has 0 aliphatic rings. The molecule has 0 amide bonds. The maximum Gasteiger partial charge on any atom is 0.306 e. The van der Waals surface area contributed by atoms with E-state index in [-0.39, 0.29) is 5.97 Å². The molecule has 1 unspecified atom stereocenters. The molecule has 20 heavy (non-hydrogen) atoms. The van der Waals surface area contributed by atoms with Crippen LogP contribution in [0.3, 0.4) is 0 Å². The van der Waals surface area contributed by atoms with Crippen LogP contribution in [0.2, 0.25) is 0 Å². The zero-order valence-electron chi connectivity index (χ0n) is 12.2. The molecule has 1 atom stereocenters. The fourth-order valence-corrected chi connectivity index (χ4v) is 3.43. The summed E-state index contributed by atoms with van der Waals surface area (Å²) in [7, 11) is 1.42. The SMILES string of the molecule is CCCNC(C)c1ccc(Br)cc1SCCC(=O)OC. The summed E-state index contributed by atoms with van der Waals surface area (Å²) in [6.45, 7) is 5.33. The van der Waals surface area contributed by atoms with Crippen molar-refractivity contribution < 1.29 is 9.53 Å². The van der Waals surface area contributed by atoms with Gasteiger partial charge < -0.3 is 10.1 Å². The second kappa shape index (κ2) is 9.42. The van der Waals surface area contributed by atoms with Crippen LogP contribution < -0.4 is 5.32 Å². The first kappa shape index (κ1) is 17.5. The normalized spacial score (nSPS) is 12.2. The van der Waals surface area contributed by atoms with Crippen molar-refractivity contribution in [2.24, 2.45) is 0 Å². The predicted molar refractivity (Wildman–Crippen MR) is 88.2 cm³/mol. The van der Waals surface area contributed by atoms with E-state index in [1.54, 1.807) is 11.8 Å². The number of carbonyl (C=O) groups excluding carboxylic acids is 1. The summed E-state index contributed by atoms with van der Waals surface area (Å²) >= 11 is 5.20. The number of methoxy groups -OCH3 is 1. The Balaban J connectivity index is 2.71. The van der Waals surface area contributed by atoms with Crippen molar-refractivity contribution in [1.29, 1.82) is 0 Å². The molecule has 3 nitrogen and oxygen atoms in total. The van der Waals surface area contributed by atoms with Crippen LogP contribution in [-0.4, -0.2) is 25.4 Å². The predicted octanol–water partition coefficient (Wildman–Crippen LogP) is 4.16. The molecule has 1 N–H and O–H groups in total. The minimum atomic E-state index is -0.161. The van der Waals surface area contributed by atoms with E-state index < -0.39 is 0 Å². The Morgan fingerprint density at radius 3 is 2.90 bits per heavy atom. The Morgan fingerprint density at radius 1 is 1.50 bits per heavy atom. The third-order valence-corrected chi connectivity index (χ3v) is 4.50. The van der Waals surface area contributed by atoms with Gasteiger partial charge in [-0.25, -0.2) is 0 Å². The van der Waals surface area contributed by atoms with Crippen molar-refractivity contribution in [2.45, 2.75) is 37.6 Å². The molecule has 0 fully saturated rings. The zero-order valence-corrected chi connectivity index (χ0v) is 14.6. The van der Waals surface area contributed by atoms with Crippen molar-refractivity contribution in [3.8, 4) is 0 Å². The van der Waals surface area contributed by atoms with Crippen LogP contribution in [0.15, 0.2) is 27.6 Å². The monoisotopic (exact) mass is 359 g/mol. The van der Waals surface area contributed by atoms with Crippen LogP contribution in [0.1, 0.15) is 38.3 Å². The summed E-state index contributed by atoms with van der Waals surface area (Å²) < 4.78 is 5.73. The number of esters is 1. The fourth-order valence-electron chi connectivity index (χ4n) is 1.81. The largest absolute Gasteiger partial charge is 0.469 e. The maximum absolute atomic E-state index is 11.2. The Hall–Kier alpha value is -0.520. The van der Waals surface area contributed by atoms with Gasteiger partial charge in [-0.05, 0) is 37.6 Å². The molecular formula is C15H22BrNO2S. The number of rotatable bonds is 8. The van der Waals surface area contributed by atoms with E-state index in [1.807, 2.05) is 0 Å². The summed E-state index contributed by atoms with van der Waals surface area (Å²) in [6, 6.07) is 6.62. The average Bonchev–Trinajstić information content (AvgIpc) is 2.44. The van der Waals surface area contributed by atoms with Crippen LogP contribution in [0.4, 0.5) is 0 Å². The lowest BCUT2D eigenvalue weighted by Gasteiger charge is -2.18. The highest BCUT2D eigenvalue weighted by Gasteiger charge is 2.11. The van der Waals surface area contributed by atoms with Crippen LogP contribution in [0, 0.1) is 0 Å². The lowest BCUT2D eigenvalue weighted by atomic mass is 10.1. The number of benzene rings is 1. The Morgan fingerprint density at radius 2 is 2.25 bits per heavy atom. The third-order valence-electron chi connectivity index (χ3n) is 2.93. The van der Waals surface area contributed by atoms with E-state index in [4.69, 9.17) is 0 Å². The number of hydrogen-bond acceptors (Lipinski definition) is 4. The Bertz CT molecular complexity index is 440. The van der Waals surface area contributed by atoms with Crippen molar-refractivity contribution in [1.82, 2.24) is 5.32 Å². The van der Waals surface area contributed by atoms with Gasteiger partial charge in [-0.2, -0.15) is 0 Å². The van der Waals surface area contributed by atoms with E-state index in [2.05, 4.69) is 58.0 Å². The molecule has 1 aromatic rings. The van der Waals surface area contributed by atoms with Crippen LogP contribution in [-0.2, 0) is 9.53 Å². The zero-order chi connectivity index (χ0) is 15.0. The molecule has 0 saturated heterocycles. The maximum atomic E-state index is 11.2. The summed E-state index contributed by atoms with van der Waals surface area (Å²) in [5.74, 6) is 0.572. The summed E-state index contributed by atoms with van der Waals surface area (Å²) in [4.78, 5) is 12.4. The molecule has 0 aliphatic carbocycles. The van der Waals surface area contributed by atoms with E-state index >= 15 is 0 Å². The van der Waals surface area contributed by atoms with Crippen molar-refractivity contribution in [3.63, 3.8) is 0 Å². The summed E-state index contributed by atoms with van der Waals surface area (Å²) in [6.07, 6.45) is 1.55. The molecule has 0 radical (unpaired) electrons. The molecule has 0 saturated carbocycles. The van der Waals surface area contributed by atoms with Crippen molar-refractivity contribution >= 4 is 33.7 Å². The van der Waals surface area contributed by atoms with E-state index in [0.717, 1.165) is 23.2 Å². The first-order valence-electron chi connectivity index (χ1n) is 6.81. The van der Waals surface area contributed by atoms with E-state index in [0.29, 0.717) is 12.5 Å². The minimum Gasteiger partial charge on any atom is -0.469 e. The minimum absolute atomic E-state index is 0.161. The molecular weight excluding hydrogens is 338 g/mol. The van der Waals surface area contributed by atoms with Crippen molar-refractivity contribution in [2.75, 3.05) is 19.4 Å². The lowest BCUT2D eigenvalue weighted by molar-refractivity contribution is -0.140. The van der Waals surface area contributed by atoms with Crippen LogP contribution in [0.5, 0.6) is 0 Å². The highest BCUT2D eigenvalue weighted by Crippen LogP contribution is 2.31. The topological polar surface area (TPSA) is 38.3 Å². The van der Waals surface area contributed by atoms with Gasteiger partial charge >= 0.3 is 5.97 Å². The van der Waals surface area contributed by atoms with Gasteiger partial charge in [-0.1, -0.05) is 28.9 Å². The van der Waals surface area contributed by atoms with Crippen molar-refractivity contribution in [3.05, 3.63) is 28.2 Å². The molecule has 1 rings (SSSR count). The van der Waals surface area contributed by atoms with Gasteiger partial charge in [0.15, 0.2) is 0 Å². The third kappa shape index (κ3) is 5.85. The smallest absolute Gasteiger partial charge is 0.306 e. The lowest BCUT2D eigenvalue weighted by Crippen LogP contribution is -2.19. The first-order chi connectivity index (χ1) is 9.58. The Kier molecular flexibility index (Phi) is 8.26. The number of carbonyl (C=O) groups is 1. The molecule has 1 aromatic carbocycles. The van der Waals surface area contributed by atoms with Gasteiger partial charge in [0.2, 0.25) is 0 Å².